The summed E-state index contributed by atoms with van der Waals surface area (Å²) in [6.07, 6.45) is 0. The smallest absolute Gasteiger partial charge is 0.264 e. The van der Waals surface area contributed by atoms with Crippen LogP contribution in [0.2, 0.25) is 0 Å². The minimum atomic E-state index is -4.26. The number of rotatable bonds is 10. The SMILES string of the molecule is COc1ccc2c(c1)N(S(=O)(=O)c1ccc(C)cc1)CC1c3cc(NC(=O)c4ccccc4)c(OCc4ccccc4)cc3N(S(=O)(=O)c3ccccc3)C21. The number of nitrogens with one attached hydrogen (secondary N) is 1. The number of benzene rings is 6. The number of amides is 1. The number of anilines is 3. The van der Waals surface area contributed by atoms with Gasteiger partial charge in [-0.15, -0.1) is 0 Å². The number of hydrogen-bond donors (Lipinski definition) is 1. The molecule has 55 heavy (non-hydrogen) atoms. The van der Waals surface area contributed by atoms with Gasteiger partial charge < -0.3 is 14.8 Å². The third kappa shape index (κ3) is 6.57. The minimum Gasteiger partial charge on any atom is -0.497 e. The van der Waals surface area contributed by atoms with E-state index >= 15 is 0 Å². The Morgan fingerprint density at radius 2 is 1.35 bits per heavy atom. The number of hydrogen-bond acceptors (Lipinski definition) is 7. The third-order valence-corrected chi connectivity index (χ3v) is 13.6. The van der Waals surface area contributed by atoms with Crippen LogP contribution in [0, 0.1) is 6.92 Å². The summed E-state index contributed by atoms with van der Waals surface area (Å²) in [5.41, 5.74) is 4.13. The van der Waals surface area contributed by atoms with E-state index in [-0.39, 0.29) is 28.7 Å². The number of methoxy groups -OCH3 is 1. The van der Waals surface area contributed by atoms with Gasteiger partial charge in [0.05, 0.1) is 40.0 Å². The second-order valence-electron chi connectivity index (χ2n) is 13.4. The molecule has 6 aromatic carbocycles. The van der Waals surface area contributed by atoms with Crippen molar-refractivity contribution >= 4 is 43.0 Å². The standard InChI is InChI=1S/C43H37N3O7S2/c1-29-18-21-34(22-19-29)54(48,49)45-27-37-36-25-38(44-43(47)31-14-8-4-9-15-31)41(53-28-30-12-6-3-7-13-30)26-40(36)46(55(50,51)33-16-10-5-11-17-33)42(37)35-23-20-32(52-2)24-39(35)45/h3-26,37,42H,27-28H2,1-2H3,(H,44,47). The summed E-state index contributed by atoms with van der Waals surface area (Å²) in [5, 5.41) is 3.00. The van der Waals surface area contributed by atoms with Crippen LogP contribution >= 0.6 is 0 Å². The minimum absolute atomic E-state index is 0.0691. The number of ether oxygens (including phenoxy) is 2. The van der Waals surface area contributed by atoms with Gasteiger partial charge in [-0.3, -0.25) is 13.4 Å². The Morgan fingerprint density at radius 3 is 2.02 bits per heavy atom. The lowest BCUT2D eigenvalue weighted by molar-refractivity contribution is 0.102. The Bertz CT molecular complexity index is 2610. The zero-order valence-corrected chi connectivity index (χ0v) is 31.6. The van der Waals surface area contributed by atoms with Crippen LogP contribution in [-0.4, -0.2) is 36.4 Å². The van der Waals surface area contributed by atoms with Crippen molar-refractivity contribution < 1.29 is 31.1 Å². The van der Waals surface area contributed by atoms with Gasteiger partial charge >= 0.3 is 0 Å². The molecule has 0 saturated heterocycles. The van der Waals surface area contributed by atoms with Crippen molar-refractivity contribution in [2.75, 3.05) is 27.6 Å². The summed E-state index contributed by atoms with van der Waals surface area (Å²) < 4.78 is 73.6. The Morgan fingerprint density at radius 1 is 0.709 bits per heavy atom. The fraction of sp³-hybridized carbons (Fsp3) is 0.140. The van der Waals surface area contributed by atoms with Gasteiger partial charge in [-0.25, -0.2) is 16.8 Å². The van der Waals surface area contributed by atoms with E-state index in [0.29, 0.717) is 39.5 Å². The molecule has 6 aromatic rings. The lowest BCUT2D eigenvalue weighted by Gasteiger charge is -2.40. The molecule has 0 bridgehead atoms. The van der Waals surface area contributed by atoms with Crippen LogP contribution in [0.1, 0.15) is 44.6 Å². The van der Waals surface area contributed by atoms with Crippen molar-refractivity contribution in [3.8, 4) is 11.5 Å². The maximum absolute atomic E-state index is 14.9. The predicted molar refractivity (Wildman–Crippen MR) is 212 cm³/mol. The van der Waals surface area contributed by atoms with Gasteiger partial charge in [-0.1, -0.05) is 90.5 Å². The van der Waals surface area contributed by atoms with Gasteiger partial charge in [0.1, 0.15) is 18.1 Å². The fourth-order valence-electron chi connectivity index (χ4n) is 7.28. The predicted octanol–water partition coefficient (Wildman–Crippen LogP) is 8.08. The largest absolute Gasteiger partial charge is 0.497 e. The Labute approximate surface area is 320 Å². The van der Waals surface area contributed by atoms with Crippen molar-refractivity contribution in [3.63, 3.8) is 0 Å². The van der Waals surface area contributed by atoms with Crippen LogP contribution in [0.3, 0.4) is 0 Å². The van der Waals surface area contributed by atoms with Gasteiger partial charge in [-0.05, 0) is 66.6 Å². The van der Waals surface area contributed by atoms with E-state index in [1.54, 1.807) is 97.1 Å². The van der Waals surface area contributed by atoms with Crippen LogP contribution in [0.15, 0.2) is 155 Å². The topological polar surface area (TPSA) is 122 Å². The van der Waals surface area contributed by atoms with Crippen LogP contribution in [0.5, 0.6) is 11.5 Å². The first-order chi connectivity index (χ1) is 26.6. The zero-order chi connectivity index (χ0) is 38.3. The first-order valence-corrected chi connectivity index (χ1v) is 20.5. The van der Waals surface area contributed by atoms with Crippen molar-refractivity contribution in [2.45, 2.75) is 35.3 Å². The normalized spacial score (nSPS) is 16.1. The van der Waals surface area contributed by atoms with E-state index in [1.165, 1.54) is 27.9 Å². The Kier molecular flexibility index (Phi) is 9.32. The van der Waals surface area contributed by atoms with Gasteiger partial charge in [0.15, 0.2) is 0 Å². The molecule has 0 saturated carbocycles. The molecule has 2 atom stereocenters. The molecule has 2 heterocycles. The maximum atomic E-state index is 14.9. The molecular weight excluding hydrogens is 735 g/mol. The number of sulfonamides is 2. The molecule has 8 rings (SSSR count). The van der Waals surface area contributed by atoms with Crippen LogP contribution < -0.4 is 23.4 Å². The molecule has 2 aliphatic rings. The summed E-state index contributed by atoms with van der Waals surface area (Å²) in [6, 6.07) is 40.5. The molecule has 0 aromatic heterocycles. The van der Waals surface area contributed by atoms with Crippen molar-refractivity contribution in [2.24, 2.45) is 0 Å². The number of nitrogens with zero attached hydrogens (tertiary/aromatic N) is 2. The number of carbonyl (C=O) groups is 1. The summed E-state index contributed by atoms with van der Waals surface area (Å²) in [4.78, 5) is 13.8. The molecule has 2 unspecified atom stereocenters. The van der Waals surface area contributed by atoms with Gasteiger partial charge in [0.25, 0.3) is 26.0 Å². The summed E-state index contributed by atoms with van der Waals surface area (Å²) >= 11 is 0. The van der Waals surface area contributed by atoms with E-state index in [1.807, 2.05) is 43.3 Å². The zero-order valence-electron chi connectivity index (χ0n) is 30.0. The van der Waals surface area contributed by atoms with E-state index in [2.05, 4.69) is 5.32 Å². The molecule has 1 amide bonds. The lowest BCUT2D eigenvalue weighted by Crippen LogP contribution is -2.44. The van der Waals surface area contributed by atoms with Gasteiger partial charge in [0, 0.05) is 35.7 Å². The van der Waals surface area contributed by atoms with Crippen molar-refractivity contribution in [3.05, 3.63) is 173 Å². The highest BCUT2D eigenvalue weighted by Crippen LogP contribution is 2.58. The Hall–Kier alpha value is -6.11. The fourth-order valence-corrected chi connectivity index (χ4v) is 10.5. The second kappa shape index (κ2) is 14.3. The molecule has 0 spiro atoms. The maximum Gasteiger partial charge on any atom is 0.264 e. The molecular formula is C43H37N3O7S2. The van der Waals surface area contributed by atoms with E-state index in [4.69, 9.17) is 9.47 Å². The van der Waals surface area contributed by atoms with Gasteiger partial charge in [-0.2, -0.15) is 0 Å². The summed E-state index contributed by atoms with van der Waals surface area (Å²) in [7, 11) is -6.93. The molecule has 0 radical (unpaired) electrons. The molecule has 12 heteroatoms. The quantitative estimate of drug-likeness (QED) is 0.150. The molecule has 278 valence electrons. The highest BCUT2D eigenvalue weighted by Gasteiger charge is 2.52. The Balaban J connectivity index is 1.34. The van der Waals surface area contributed by atoms with E-state index in [0.717, 1.165) is 11.1 Å². The average molecular weight is 772 g/mol. The van der Waals surface area contributed by atoms with Crippen LogP contribution in [0.25, 0.3) is 0 Å². The summed E-state index contributed by atoms with van der Waals surface area (Å²) in [5.74, 6) is -0.432. The monoisotopic (exact) mass is 771 g/mol. The summed E-state index contributed by atoms with van der Waals surface area (Å²) in [6.45, 7) is 1.91. The highest BCUT2D eigenvalue weighted by molar-refractivity contribution is 7.93. The first kappa shape index (κ1) is 35.9. The van der Waals surface area contributed by atoms with Crippen LogP contribution in [0.4, 0.5) is 17.1 Å². The molecule has 2 aliphatic heterocycles. The average Bonchev–Trinajstić information content (AvgIpc) is 3.54. The van der Waals surface area contributed by atoms with E-state index < -0.39 is 37.9 Å². The second-order valence-corrected chi connectivity index (χ2v) is 17.1. The highest BCUT2D eigenvalue weighted by atomic mass is 32.2. The molecule has 1 N–H and O–H groups in total. The molecule has 0 aliphatic carbocycles. The van der Waals surface area contributed by atoms with E-state index in [9.17, 15) is 21.6 Å². The number of aryl methyl sites for hydroxylation is 1. The van der Waals surface area contributed by atoms with Crippen molar-refractivity contribution in [1.29, 1.82) is 0 Å². The number of fused-ring (bicyclic) bond motifs is 5. The lowest BCUT2D eigenvalue weighted by atomic mass is 9.86. The first-order valence-electron chi connectivity index (χ1n) is 17.6. The van der Waals surface area contributed by atoms with Crippen molar-refractivity contribution in [1.82, 2.24) is 0 Å². The molecule has 10 nitrogen and oxygen atoms in total. The van der Waals surface area contributed by atoms with Crippen LogP contribution in [-0.2, 0) is 26.7 Å². The number of carbonyl (C=O) groups excluding carboxylic acids is 1. The van der Waals surface area contributed by atoms with Gasteiger partial charge in [0.2, 0.25) is 0 Å². The molecule has 0 fully saturated rings. The third-order valence-electron chi connectivity index (χ3n) is 10.0.